The van der Waals surface area contributed by atoms with Gasteiger partial charge in [-0.25, -0.2) is 4.39 Å². The molecule has 0 saturated carbocycles. The van der Waals surface area contributed by atoms with Gasteiger partial charge < -0.3 is 5.32 Å². The number of benzene rings is 2. The molecule has 0 bridgehead atoms. The fourth-order valence-electron chi connectivity index (χ4n) is 2.28. The molecule has 2 aromatic carbocycles. The topological polar surface area (TPSA) is 12.0 Å². The molecule has 0 spiro atoms. The Morgan fingerprint density at radius 2 is 2.00 bits per heavy atom. The van der Waals surface area contributed by atoms with Crippen molar-refractivity contribution in [2.24, 2.45) is 0 Å². The van der Waals surface area contributed by atoms with E-state index in [0.29, 0.717) is 12.0 Å². The lowest BCUT2D eigenvalue weighted by Gasteiger charge is -2.20. The molecule has 112 valence electrons. The predicted octanol–water partition coefficient (Wildman–Crippen LogP) is 5.53. The fourth-order valence-corrected chi connectivity index (χ4v) is 2.87. The molecule has 1 unspecified atom stereocenters. The monoisotopic (exact) mass is 369 g/mol. The van der Waals surface area contributed by atoms with Crippen LogP contribution in [-0.2, 0) is 6.42 Å². The van der Waals surface area contributed by atoms with Gasteiger partial charge in [0.25, 0.3) is 0 Å². The lowest BCUT2D eigenvalue weighted by atomic mass is 9.98. The Morgan fingerprint density at radius 1 is 1.24 bits per heavy atom. The van der Waals surface area contributed by atoms with E-state index in [4.69, 9.17) is 11.6 Å². The maximum absolute atomic E-state index is 14.2. The molecule has 0 aromatic heterocycles. The van der Waals surface area contributed by atoms with Crippen LogP contribution in [0.25, 0.3) is 0 Å². The lowest BCUT2D eigenvalue weighted by molar-refractivity contribution is 0.497. The number of hydrogen-bond donors (Lipinski definition) is 1. The molecule has 0 fully saturated rings. The minimum absolute atomic E-state index is 0.0950. The van der Waals surface area contributed by atoms with Crippen LogP contribution < -0.4 is 5.32 Å². The molecule has 4 heteroatoms. The molecule has 1 atom stereocenters. The Balaban J connectivity index is 2.30. The van der Waals surface area contributed by atoms with Crippen LogP contribution in [0.3, 0.4) is 0 Å². The molecule has 0 amide bonds. The molecule has 0 aliphatic carbocycles. The summed E-state index contributed by atoms with van der Waals surface area (Å²) in [7, 11) is 0. The van der Waals surface area contributed by atoms with Crippen molar-refractivity contribution in [3.63, 3.8) is 0 Å². The van der Waals surface area contributed by atoms with Gasteiger partial charge in [0.2, 0.25) is 0 Å². The van der Waals surface area contributed by atoms with Crippen LogP contribution in [0.4, 0.5) is 4.39 Å². The minimum atomic E-state index is -0.196. The van der Waals surface area contributed by atoms with Gasteiger partial charge in [0.05, 0.1) is 0 Å². The number of nitrogens with one attached hydrogen (secondary N) is 1. The molecule has 0 radical (unpaired) electrons. The van der Waals surface area contributed by atoms with Gasteiger partial charge in [-0.15, -0.1) is 0 Å². The highest BCUT2D eigenvalue weighted by Crippen LogP contribution is 2.27. The highest BCUT2D eigenvalue weighted by Gasteiger charge is 2.17. The summed E-state index contributed by atoms with van der Waals surface area (Å²) in [5.74, 6) is -0.196. The first-order valence-electron chi connectivity index (χ1n) is 7.03. The third kappa shape index (κ3) is 4.53. The minimum Gasteiger partial charge on any atom is -0.310 e. The van der Waals surface area contributed by atoms with E-state index >= 15 is 0 Å². The smallest absolute Gasteiger partial charge is 0.128 e. The molecular weight excluding hydrogens is 353 g/mol. The van der Waals surface area contributed by atoms with Crippen LogP contribution in [0.1, 0.15) is 30.5 Å². The molecule has 2 aromatic rings. The Hall–Kier alpha value is -0.900. The predicted molar refractivity (Wildman–Crippen MR) is 90.3 cm³/mol. The molecular formula is C17H18BrClFN. The highest BCUT2D eigenvalue weighted by atomic mass is 79.9. The van der Waals surface area contributed by atoms with Gasteiger partial charge in [-0.2, -0.15) is 0 Å². The van der Waals surface area contributed by atoms with Crippen molar-refractivity contribution in [3.8, 4) is 0 Å². The average molecular weight is 371 g/mol. The first-order valence-corrected chi connectivity index (χ1v) is 8.20. The second kappa shape index (κ2) is 7.92. The van der Waals surface area contributed by atoms with Crippen molar-refractivity contribution in [2.75, 3.05) is 6.54 Å². The van der Waals surface area contributed by atoms with Crippen molar-refractivity contribution in [2.45, 2.75) is 25.8 Å². The molecule has 0 aliphatic heterocycles. The van der Waals surface area contributed by atoms with E-state index in [1.807, 2.05) is 30.3 Å². The van der Waals surface area contributed by atoms with Crippen molar-refractivity contribution >= 4 is 27.5 Å². The molecule has 0 heterocycles. The number of hydrogen-bond acceptors (Lipinski definition) is 1. The van der Waals surface area contributed by atoms with Crippen LogP contribution in [0.5, 0.6) is 0 Å². The normalized spacial score (nSPS) is 12.4. The zero-order valence-corrected chi connectivity index (χ0v) is 14.2. The van der Waals surface area contributed by atoms with Crippen LogP contribution in [-0.4, -0.2) is 6.54 Å². The van der Waals surface area contributed by atoms with Crippen LogP contribution >= 0.6 is 27.5 Å². The van der Waals surface area contributed by atoms with Gasteiger partial charge in [-0.1, -0.05) is 52.7 Å². The van der Waals surface area contributed by atoms with Gasteiger partial charge >= 0.3 is 0 Å². The maximum atomic E-state index is 14.2. The fraction of sp³-hybridized carbons (Fsp3) is 0.294. The van der Waals surface area contributed by atoms with Crippen molar-refractivity contribution in [1.29, 1.82) is 0 Å². The average Bonchev–Trinajstić information content (AvgIpc) is 2.48. The lowest BCUT2D eigenvalue weighted by Crippen LogP contribution is -2.25. The zero-order chi connectivity index (χ0) is 15.2. The van der Waals surface area contributed by atoms with Gasteiger partial charge in [-0.3, -0.25) is 0 Å². The molecule has 0 saturated heterocycles. The summed E-state index contributed by atoms with van der Waals surface area (Å²) in [6.45, 7) is 2.93. The summed E-state index contributed by atoms with van der Waals surface area (Å²) in [6.07, 6.45) is 1.65. The first kappa shape index (κ1) is 16.5. The van der Waals surface area contributed by atoms with E-state index < -0.39 is 0 Å². The van der Waals surface area contributed by atoms with Gasteiger partial charge in [-0.05, 0) is 49.2 Å². The highest BCUT2D eigenvalue weighted by molar-refractivity contribution is 9.10. The van der Waals surface area contributed by atoms with Gasteiger partial charge in [0, 0.05) is 21.1 Å². The standard InChI is InChI=1S/C17H18BrClFN/c1-2-9-21-17(10-12-5-3-4-6-15(12)19)14-11-13(18)7-8-16(14)20/h3-8,11,17,21H,2,9-10H2,1H3. The molecule has 0 aliphatic rings. The van der Waals surface area contributed by atoms with E-state index in [9.17, 15) is 4.39 Å². The van der Waals surface area contributed by atoms with Crippen LogP contribution in [0.15, 0.2) is 46.9 Å². The van der Waals surface area contributed by atoms with E-state index in [0.717, 1.165) is 28.0 Å². The SMILES string of the molecule is CCCNC(Cc1ccccc1Cl)c1cc(Br)ccc1F. The quantitative estimate of drug-likeness (QED) is 0.705. The third-order valence-corrected chi connectivity index (χ3v) is 4.22. The van der Waals surface area contributed by atoms with Crippen LogP contribution in [0, 0.1) is 5.82 Å². The van der Waals surface area contributed by atoms with Crippen molar-refractivity contribution in [3.05, 3.63) is 68.9 Å². The first-order chi connectivity index (χ1) is 10.1. The summed E-state index contributed by atoms with van der Waals surface area (Å²) >= 11 is 9.64. The Kier molecular flexibility index (Phi) is 6.22. The Labute approximate surface area is 138 Å². The molecule has 1 N–H and O–H groups in total. The molecule has 1 nitrogen and oxygen atoms in total. The largest absolute Gasteiger partial charge is 0.310 e. The summed E-state index contributed by atoms with van der Waals surface area (Å²) in [5.41, 5.74) is 1.69. The van der Waals surface area contributed by atoms with Crippen molar-refractivity contribution in [1.82, 2.24) is 5.32 Å². The summed E-state index contributed by atoms with van der Waals surface area (Å²) in [6, 6.07) is 12.7. The number of rotatable bonds is 6. The Bertz CT molecular complexity index is 603. The van der Waals surface area contributed by atoms with E-state index in [1.54, 1.807) is 6.07 Å². The molecule has 2 rings (SSSR count). The van der Waals surface area contributed by atoms with Crippen molar-refractivity contribution < 1.29 is 4.39 Å². The van der Waals surface area contributed by atoms with Gasteiger partial charge in [0.1, 0.15) is 5.82 Å². The summed E-state index contributed by atoms with van der Waals surface area (Å²) in [5, 5.41) is 4.13. The maximum Gasteiger partial charge on any atom is 0.128 e. The second-order valence-electron chi connectivity index (χ2n) is 4.97. The van der Waals surface area contributed by atoms with Gasteiger partial charge in [0.15, 0.2) is 0 Å². The second-order valence-corrected chi connectivity index (χ2v) is 6.29. The molecule has 21 heavy (non-hydrogen) atoms. The van der Waals surface area contributed by atoms with E-state index in [2.05, 4.69) is 28.2 Å². The summed E-state index contributed by atoms with van der Waals surface area (Å²) < 4.78 is 15.0. The van der Waals surface area contributed by atoms with E-state index in [-0.39, 0.29) is 11.9 Å². The van der Waals surface area contributed by atoms with Crippen LogP contribution in [0.2, 0.25) is 5.02 Å². The Morgan fingerprint density at radius 3 is 2.71 bits per heavy atom. The third-order valence-electron chi connectivity index (χ3n) is 3.36. The summed E-state index contributed by atoms with van der Waals surface area (Å²) in [4.78, 5) is 0. The number of halogens is 3. The van der Waals surface area contributed by atoms with E-state index in [1.165, 1.54) is 6.07 Å². The zero-order valence-electron chi connectivity index (χ0n) is 11.9.